The van der Waals surface area contributed by atoms with Gasteiger partial charge in [0.15, 0.2) is 0 Å². The largest absolute Gasteiger partial charge is 0.438 e. The summed E-state index contributed by atoms with van der Waals surface area (Å²) in [4.78, 5) is 8.39. The van der Waals surface area contributed by atoms with E-state index >= 15 is 0 Å². The van der Waals surface area contributed by atoms with Crippen molar-refractivity contribution in [2.75, 3.05) is 5.32 Å². The zero-order chi connectivity index (χ0) is 15.2. The maximum absolute atomic E-state index is 9.15. The number of hydrogen-bond acceptors (Lipinski definition) is 5. The molecule has 0 atom stereocenters. The molecular formula is C17H12N4O. The summed E-state index contributed by atoms with van der Waals surface area (Å²) in [5.74, 6) is 1.21. The fraction of sp³-hybridized carbons (Fsp3) is 0. The zero-order valence-corrected chi connectivity index (χ0v) is 11.6. The molecule has 22 heavy (non-hydrogen) atoms. The third-order valence-electron chi connectivity index (χ3n) is 2.86. The minimum absolute atomic E-state index is 0.224. The number of hydrogen-bond donors (Lipinski definition) is 1. The van der Waals surface area contributed by atoms with Gasteiger partial charge in [0.1, 0.15) is 17.4 Å². The van der Waals surface area contributed by atoms with E-state index in [1.54, 1.807) is 12.1 Å². The van der Waals surface area contributed by atoms with Gasteiger partial charge in [-0.1, -0.05) is 36.4 Å². The van der Waals surface area contributed by atoms with Crippen molar-refractivity contribution in [3.05, 3.63) is 72.4 Å². The van der Waals surface area contributed by atoms with Crippen molar-refractivity contribution in [2.45, 2.75) is 0 Å². The number of anilines is 2. The summed E-state index contributed by atoms with van der Waals surface area (Å²) in [5, 5.41) is 12.2. The molecule has 0 aliphatic rings. The number of ether oxygens (including phenoxy) is 1. The van der Waals surface area contributed by atoms with E-state index in [4.69, 9.17) is 10.00 Å². The van der Waals surface area contributed by atoms with E-state index in [1.807, 2.05) is 54.6 Å². The molecule has 0 amide bonds. The van der Waals surface area contributed by atoms with Crippen LogP contribution in [0.15, 0.2) is 66.9 Å². The van der Waals surface area contributed by atoms with Crippen LogP contribution in [0.2, 0.25) is 0 Å². The lowest BCUT2D eigenvalue weighted by molar-refractivity contribution is 0.461. The van der Waals surface area contributed by atoms with Gasteiger partial charge >= 0.3 is 0 Å². The summed E-state index contributed by atoms with van der Waals surface area (Å²) < 4.78 is 5.67. The summed E-state index contributed by atoms with van der Waals surface area (Å²) in [5.41, 5.74) is 1.14. The highest BCUT2D eigenvalue weighted by Gasteiger charge is 2.09. The summed E-state index contributed by atoms with van der Waals surface area (Å²) in [6.45, 7) is 0. The number of nitriles is 1. The van der Waals surface area contributed by atoms with E-state index in [-0.39, 0.29) is 11.4 Å². The van der Waals surface area contributed by atoms with Crippen molar-refractivity contribution in [3.63, 3.8) is 0 Å². The summed E-state index contributed by atoms with van der Waals surface area (Å²) in [7, 11) is 0. The number of benzene rings is 2. The topological polar surface area (TPSA) is 70.8 Å². The van der Waals surface area contributed by atoms with Gasteiger partial charge in [-0.05, 0) is 24.3 Å². The maximum Gasteiger partial charge on any atom is 0.242 e. The van der Waals surface area contributed by atoms with Crippen molar-refractivity contribution in [3.8, 4) is 17.7 Å². The Kier molecular flexibility index (Phi) is 3.94. The molecule has 0 aliphatic heterocycles. The van der Waals surface area contributed by atoms with E-state index in [0.29, 0.717) is 11.7 Å². The second kappa shape index (κ2) is 6.37. The average molecular weight is 288 g/mol. The number of rotatable bonds is 4. The first-order valence-electron chi connectivity index (χ1n) is 6.67. The van der Waals surface area contributed by atoms with Gasteiger partial charge < -0.3 is 10.1 Å². The minimum atomic E-state index is 0.224. The van der Waals surface area contributed by atoms with E-state index in [1.165, 1.54) is 6.20 Å². The van der Waals surface area contributed by atoms with Crippen LogP contribution in [-0.4, -0.2) is 9.97 Å². The molecule has 0 spiro atoms. The minimum Gasteiger partial charge on any atom is -0.438 e. The monoisotopic (exact) mass is 288 g/mol. The van der Waals surface area contributed by atoms with Gasteiger partial charge in [0.2, 0.25) is 11.8 Å². The van der Waals surface area contributed by atoms with Crippen LogP contribution in [0.1, 0.15) is 5.56 Å². The SMILES string of the molecule is N#Cc1cnc(Nc2ccccc2)nc1Oc1ccccc1. The molecule has 3 aromatic rings. The number of nitrogens with zero attached hydrogens (tertiary/aromatic N) is 3. The van der Waals surface area contributed by atoms with Crippen molar-refractivity contribution in [1.82, 2.24) is 9.97 Å². The third-order valence-corrected chi connectivity index (χ3v) is 2.86. The molecule has 0 aliphatic carbocycles. The number of aromatic nitrogens is 2. The van der Waals surface area contributed by atoms with E-state index in [0.717, 1.165) is 5.69 Å². The van der Waals surface area contributed by atoms with Gasteiger partial charge in [-0.25, -0.2) is 4.98 Å². The molecule has 0 fully saturated rings. The summed E-state index contributed by atoms with van der Waals surface area (Å²) in [6.07, 6.45) is 1.44. The predicted molar refractivity (Wildman–Crippen MR) is 83.0 cm³/mol. The van der Waals surface area contributed by atoms with E-state index < -0.39 is 0 Å². The second-order valence-corrected chi connectivity index (χ2v) is 4.43. The highest BCUT2D eigenvalue weighted by molar-refractivity contribution is 5.54. The van der Waals surface area contributed by atoms with Crippen LogP contribution in [0.4, 0.5) is 11.6 Å². The molecule has 0 radical (unpaired) electrons. The van der Waals surface area contributed by atoms with Crippen LogP contribution in [0.3, 0.4) is 0 Å². The van der Waals surface area contributed by atoms with E-state index in [9.17, 15) is 0 Å². The molecule has 2 aromatic carbocycles. The van der Waals surface area contributed by atoms with Crippen LogP contribution in [0.25, 0.3) is 0 Å². The molecule has 0 unspecified atom stereocenters. The standard InChI is InChI=1S/C17H12N4O/c18-11-13-12-19-17(20-14-7-3-1-4-8-14)21-16(13)22-15-9-5-2-6-10-15/h1-10,12H,(H,19,20,21). The molecule has 1 N–H and O–H groups in total. The van der Waals surface area contributed by atoms with Gasteiger partial charge in [-0.2, -0.15) is 10.2 Å². The molecule has 1 aromatic heterocycles. The highest BCUT2D eigenvalue weighted by atomic mass is 16.5. The Morgan fingerprint density at radius 3 is 2.32 bits per heavy atom. The fourth-order valence-corrected chi connectivity index (χ4v) is 1.83. The van der Waals surface area contributed by atoms with Crippen molar-refractivity contribution < 1.29 is 4.74 Å². The lowest BCUT2D eigenvalue weighted by atomic mass is 10.3. The lowest BCUT2D eigenvalue weighted by Crippen LogP contribution is -2.00. The maximum atomic E-state index is 9.15. The molecular weight excluding hydrogens is 276 g/mol. The first kappa shape index (κ1) is 13.6. The van der Waals surface area contributed by atoms with Crippen molar-refractivity contribution >= 4 is 11.6 Å². The number of para-hydroxylation sites is 2. The fourth-order valence-electron chi connectivity index (χ4n) is 1.83. The molecule has 5 nitrogen and oxygen atoms in total. The molecule has 0 bridgehead atoms. The van der Waals surface area contributed by atoms with E-state index in [2.05, 4.69) is 15.3 Å². The Hall–Kier alpha value is -3.39. The molecule has 3 rings (SSSR count). The van der Waals surface area contributed by atoms with Crippen LogP contribution in [-0.2, 0) is 0 Å². The van der Waals surface area contributed by atoms with Crippen molar-refractivity contribution in [2.24, 2.45) is 0 Å². The van der Waals surface area contributed by atoms with Gasteiger partial charge in [0.25, 0.3) is 0 Å². The molecule has 0 saturated heterocycles. The van der Waals surface area contributed by atoms with Crippen molar-refractivity contribution in [1.29, 1.82) is 5.26 Å². The number of nitrogens with one attached hydrogen (secondary N) is 1. The van der Waals surface area contributed by atoms with Crippen LogP contribution < -0.4 is 10.1 Å². The Morgan fingerprint density at radius 2 is 1.64 bits per heavy atom. The van der Waals surface area contributed by atoms with Gasteiger partial charge in [-0.15, -0.1) is 0 Å². The van der Waals surface area contributed by atoms with Crippen LogP contribution >= 0.6 is 0 Å². The van der Waals surface area contributed by atoms with Crippen LogP contribution in [0, 0.1) is 11.3 Å². The normalized spacial score (nSPS) is 9.77. The van der Waals surface area contributed by atoms with Gasteiger partial charge in [0, 0.05) is 5.69 Å². The van der Waals surface area contributed by atoms with Gasteiger partial charge in [-0.3, -0.25) is 0 Å². The first-order chi connectivity index (χ1) is 10.8. The quantitative estimate of drug-likeness (QED) is 0.788. The smallest absolute Gasteiger partial charge is 0.242 e. The first-order valence-corrected chi connectivity index (χ1v) is 6.67. The Balaban J connectivity index is 1.88. The molecule has 0 saturated carbocycles. The average Bonchev–Trinajstić information content (AvgIpc) is 2.57. The Labute approximate surface area is 127 Å². The lowest BCUT2D eigenvalue weighted by Gasteiger charge is -2.09. The molecule has 5 heteroatoms. The molecule has 1 heterocycles. The summed E-state index contributed by atoms with van der Waals surface area (Å²) >= 11 is 0. The van der Waals surface area contributed by atoms with Gasteiger partial charge in [0.05, 0.1) is 6.20 Å². The Morgan fingerprint density at radius 1 is 0.955 bits per heavy atom. The third kappa shape index (κ3) is 3.19. The highest BCUT2D eigenvalue weighted by Crippen LogP contribution is 2.24. The summed E-state index contributed by atoms with van der Waals surface area (Å²) in [6, 6.07) is 20.8. The van der Waals surface area contributed by atoms with Crippen LogP contribution in [0.5, 0.6) is 11.6 Å². The molecule has 106 valence electrons. The Bertz CT molecular complexity index is 798. The zero-order valence-electron chi connectivity index (χ0n) is 11.6. The predicted octanol–water partition coefficient (Wildman–Crippen LogP) is 3.88. The second-order valence-electron chi connectivity index (χ2n) is 4.43.